The Balaban J connectivity index is 2.77. The average Bonchev–Trinajstić information content (AvgIpc) is 2.19. The number of nitrogens with one attached hydrogen (secondary N) is 2. The number of carbonyl (C=O) groups is 1. The number of phenols is 1. The second-order valence-electron chi connectivity index (χ2n) is 2.86. The SMILES string of the molecule is O=C(NNc1cc(O)c(Cl)cc1F)C(F)(F)F. The highest BCUT2D eigenvalue weighted by atomic mass is 35.5. The standard InChI is InChI=1S/C8H5ClF4N2O2/c9-3-1-4(10)5(2-6(3)16)14-15-7(17)8(11,12)13/h1-2,14,16H,(H,15,17). The minimum absolute atomic E-state index is 0.310. The Morgan fingerprint density at radius 2 is 1.94 bits per heavy atom. The Hall–Kier alpha value is -1.70. The number of carbonyl (C=O) groups excluding carboxylic acids is 1. The summed E-state index contributed by atoms with van der Waals surface area (Å²) >= 11 is 5.34. The summed E-state index contributed by atoms with van der Waals surface area (Å²) in [5.41, 5.74) is 2.34. The molecule has 0 bridgehead atoms. The Kier molecular flexibility index (Phi) is 3.66. The van der Waals surface area contributed by atoms with Crippen molar-refractivity contribution in [1.82, 2.24) is 5.43 Å². The predicted molar refractivity (Wildman–Crippen MR) is 50.9 cm³/mol. The molecule has 0 radical (unpaired) electrons. The van der Waals surface area contributed by atoms with Crippen molar-refractivity contribution in [1.29, 1.82) is 0 Å². The van der Waals surface area contributed by atoms with Gasteiger partial charge in [0, 0.05) is 6.07 Å². The van der Waals surface area contributed by atoms with Gasteiger partial charge in [-0.25, -0.2) is 4.39 Å². The average molecular weight is 273 g/mol. The maximum atomic E-state index is 13.1. The van der Waals surface area contributed by atoms with Crippen molar-refractivity contribution in [2.24, 2.45) is 0 Å². The van der Waals surface area contributed by atoms with Gasteiger partial charge in [0.25, 0.3) is 0 Å². The predicted octanol–water partition coefficient (Wildman–Crippen LogP) is 2.19. The van der Waals surface area contributed by atoms with Crippen LogP contribution in [0.15, 0.2) is 12.1 Å². The van der Waals surface area contributed by atoms with Crippen molar-refractivity contribution >= 4 is 23.2 Å². The summed E-state index contributed by atoms with van der Waals surface area (Å²) in [4.78, 5) is 10.4. The van der Waals surface area contributed by atoms with Gasteiger partial charge in [0.1, 0.15) is 11.6 Å². The lowest BCUT2D eigenvalue weighted by Crippen LogP contribution is -2.40. The molecule has 0 heterocycles. The number of phenolic OH excluding ortho intramolecular Hbond substituents is 1. The van der Waals surface area contributed by atoms with E-state index < -0.39 is 29.3 Å². The third-order valence-corrected chi connectivity index (χ3v) is 1.91. The highest BCUT2D eigenvalue weighted by Gasteiger charge is 2.38. The maximum Gasteiger partial charge on any atom is 0.472 e. The first kappa shape index (κ1) is 13.4. The van der Waals surface area contributed by atoms with E-state index in [0.717, 1.165) is 6.07 Å². The van der Waals surface area contributed by atoms with Gasteiger partial charge >= 0.3 is 12.1 Å². The summed E-state index contributed by atoms with van der Waals surface area (Å²) in [6.07, 6.45) is -5.10. The van der Waals surface area contributed by atoms with Crippen LogP contribution in [0, 0.1) is 5.82 Å². The number of hydrazine groups is 1. The van der Waals surface area contributed by atoms with Crippen molar-refractivity contribution < 1.29 is 27.5 Å². The van der Waals surface area contributed by atoms with E-state index in [-0.39, 0.29) is 5.02 Å². The van der Waals surface area contributed by atoms with Gasteiger partial charge in [-0.2, -0.15) is 13.2 Å². The van der Waals surface area contributed by atoms with Crippen molar-refractivity contribution in [3.8, 4) is 5.75 Å². The molecule has 0 aliphatic heterocycles. The van der Waals surface area contributed by atoms with E-state index in [1.165, 1.54) is 5.43 Å². The smallest absolute Gasteiger partial charge is 0.472 e. The van der Waals surface area contributed by atoms with Crippen LogP contribution in [0.1, 0.15) is 0 Å². The second kappa shape index (κ2) is 4.66. The first-order valence-electron chi connectivity index (χ1n) is 4.03. The molecule has 1 amide bonds. The van der Waals surface area contributed by atoms with E-state index in [4.69, 9.17) is 16.7 Å². The molecule has 4 nitrogen and oxygen atoms in total. The quantitative estimate of drug-likeness (QED) is 0.571. The van der Waals surface area contributed by atoms with Gasteiger partial charge in [0.15, 0.2) is 0 Å². The first-order chi connectivity index (χ1) is 7.71. The van der Waals surface area contributed by atoms with Gasteiger partial charge in [-0.05, 0) is 6.07 Å². The number of rotatable bonds is 2. The number of alkyl halides is 3. The third-order valence-electron chi connectivity index (χ3n) is 1.60. The van der Waals surface area contributed by atoms with Crippen LogP contribution in [0.2, 0.25) is 5.02 Å². The van der Waals surface area contributed by atoms with Crippen molar-refractivity contribution in [3.05, 3.63) is 23.0 Å². The molecule has 94 valence electrons. The number of anilines is 1. The van der Waals surface area contributed by atoms with E-state index in [1.54, 1.807) is 5.43 Å². The number of hydrogen-bond donors (Lipinski definition) is 3. The first-order valence-corrected chi connectivity index (χ1v) is 4.41. The summed E-state index contributed by atoms with van der Waals surface area (Å²) in [7, 11) is 0. The number of benzene rings is 1. The maximum absolute atomic E-state index is 13.1. The molecular weight excluding hydrogens is 268 g/mol. The van der Waals surface area contributed by atoms with E-state index in [1.807, 2.05) is 0 Å². The van der Waals surface area contributed by atoms with Gasteiger partial charge in [-0.15, -0.1) is 0 Å². The zero-order valence-electron chi connectivity index (χ0n) is 7.90. The van der Waals surface area contributed by atoms with Crippen LogP contribution in [-0.4, -0.2) is 17.2 Å². The molecule has 9 heteroatoms. The Morgan fingerprint density at radius 3 is 2.47 bits per heavy atom. The van der Waals surface area contributed by atoms with E-state index >= 15 is 0 Å². The van der Waals surface area contributed by atoms with Crippen molar-refractivity contribution in [3.63, 3.8) is 0 Å². The topological polar surface area (TPSA) is 61.4 Å². The molecule has 0 aromatic heterocycles. The fourth-order valence-electron chi connectivity index (χ4n) is 0.828. The molecule has 1 aromatic carbocycles. The van der Waals surface area contributed by atoms with Crippen molar-refractivity contribution in [2.45, 2.75) is 6.18 Å². The Labute approximate surface area is 97.2 Å². The highest BCUT2D eigenvalue weighted by molar-refractivity contribution is 6.32. The fraction of sp³-hybridized carbons (Fsp3) is 0.125. The zero-order valence-corrected chi connectivity index (χ0v) is 8.66. The molecule has 0 aliphatic rings. The molecule has 0 spiro atoms. The molecule has 0 saturated carbocycles. The van der Waals surface area contributed by atoms with Crippen LogP contribution >= 0.6 is 11.6 Å². The summed E-state index contributed by atoms with van der Waals surface area (Å²) in [6.45, 7) is 0. The minimum Gasteiger partial charge on any atom is -0.506 e. The molecule has 0 aliphatic carbocycles. The molecule has 3 N–H and O–H groups in total. The normalized spacial score (nSPS) is 11.1. The van der Waals surface area contributed by atoms with E-state index in [9.17, 15) is 22.4 Å². The number of halogens is 5. The third kappa shape index (κ3) is 3.38. The summed E-state index contributed by atoms with van der Waals surface area (Å²) in [5, 5.41) is 8.77. The highest BCUT2D eigenvalue weighted by Crippen LogP contribution is 2.28. The van der Waals surface area contributed by atoms with Crippen LogP contribution in [0.3, 0.4) is 0 Å². The number of amides is 1. The molecule has 1 rings (SSSR count). The number of hydrogen-bond acceptors (Lipinski definition) is 3. The molecule has 0 saturated heterocycles. The van der Waals surface area contributed by atoms with Crippen LogP contribution in [0.5, 0.6) is 5.75 Å². The lowest BCUT2D eigenvalue weighted by atomic mass is 10.3. The van der Waals surface area contributed by atoms with Crippen LogP contribution < -0.4 is 10.9 Å². The van der Waals surface area contributed by atoms with Gasteiger partial charge in [0.2, 0.25) is 0 Å². The van der Waals surface area contributed by atoms with Crippen LogP contribution in [-0.2, 0) is 4.79 Å². The molecule has 1 aromatic rings. The summed E-state index contributed by atoms with van der Waals surface area (Å²) in [6, 6.07) is 1.41. The van der Waals surface area contributed by atoms with E-state index in [0.29, 0.717) is 6.07 Å². The summed E-state index contributed by atoms with van der Waals surface area (Å²) in [5.74, 6) is -3.88. The van der Waals surface area contributed by atoms with Crippen LogP contribution in [0.25, 0.3) is 0 Å². The number of aromatic hydroxyl groups is 1. The second-order valence-corrected chi connectivity index (χ2v) is 3.27. The Bertz CT molecular complexity index is 450. The molecule has 0 fully saturated rings. The lowest BCUT2D eigenvalue weighted by Gasteiger charge is -2.11. The molecule has 17 heavy (non-hydrogen) atoms. The van der Waals surface area contributed by atoms with E-state index in [2.05, 4.69) is 0 Å². The fourth-order valence-corrected chi connectivity index (χ4v) is 0.979. The molecule has 0 unspecified atom stereocenters. The molecular formula is C8H5ClF4N2O2. The van der Waals surface area contributed by atoms with Gasteiger partial charge < -0.3 is 5.11 Å². The monoisotopic (exact) mass is 272 g/mol. The molecule has 0 atom stereocenters. The lowest BCUT2D eigenvalue weighted by molar-refractivity contribution is -0.173. The van der Waals surface area contributed by atoms with Gasteiger partial charge in [-0.3, -0.25) is 15.6 Å². The largest absolute Gasteiger partial charge is 0.506 e. The zero-order chi connectivity index (χ0) is 13.2. The van der Waals surface area contributed by atoms with Crippen LogP contribution in [0.4, 0.5) is 23.2 Å². The van der Waals surface area contributed by atoms with Gasteiger partial charge in [-0.1, -0.05) is 11.6 Å². The van der Waals surface area contributed by atoms with Crippen molar-refractivity contribution in [2.75, 3.05) is 5.43 Å². The summed E-state index contributed by atoms with van der Waals surface area (Å²) < 4.78 is 48.4. The van der Waals surface area contributed by atoms with Gasteiger partial charge in [0.05, 0.1) is 10.7 Å². The Morgan fingerprint density at radius 1 is 1.35 bits per heavy atom. The minimum atomic E-state index is -5.10.